The maximum atomic E-state index is 14.0. The highest BCUT2D eigenvalue weighted by Crippen LogP contribution is 2.70. The Hall–Kier alpha value is -3.33. The van der Waals surface area contributed by atoms with Crippen LogP contribution in [0.25, 0.3) is 0 Å². The Bertz CT molecular complexity index is 1700. The summed E-state index contributed by atoms with van der Waals surface area (Å²) in [5, 5.41) is 62.4. The molecule has 2 bridgehead atoms. The van der Waals surface area contributed by atoms with Crippen LogP contribution in [0.1, 0.15) is 90.5 Å². The fourth-order valence-electron chi connectivity index (χ4n) is 11.0. The number of phenols is 1. The molecule has 0 radical (unpaired) electrons. The fraction of sp³-hybridized carbons (Fsp3) is 0.714. The van der Waals surface area contributed by atoms with E-state index in [1.54, 1.807) is 38.1 Å². The van der Waals surface area contributed by atoms with E-state index >= 15 is 0 Å². The van der Waals surface area contributed by atoms with E-state index in [2.05, 4.69) is 28.2 Å². The van der Waals surface area contributed by atoms with Gasteiger partial charge in [0.25, 0.3) is 0 Å². The van der Waals surface area contributed by atoms with Crippen molar-refractivity contribution in [3.05, 3.63) is 42.0 Å². The van der Waals surface area contributed by atoms with Gasteiger partial charge >= 0.3 is 17.9 Å². The Morgan fingerprint density at radius 1 is 1.07 bits per heavy atom. The van der Waals surface area contributed by atoms with Gasteiger partial charge in [0, 0.05) is 24.8 Å². The molecule has 1 saturated heterocycles. The van der Waals surface area contributed by atoms with Gasteiger partial charge in [0.15, 0.2) is 24.7 Å². The van der Waals surface area contributed by atoms with Crippen molar-refractivity contribution >= 4 is 36.1 Å². The molecule has 8 unspecified atom stereocenters. The molecule has 17 nitrogen and oxygen atoms in total. The van der Waals surface area contributed by atoms with E-state index in [0.717, 1.165) is 30.4 Å². The number of aliphatic carboxylic acids is 1. The molecule has 13 atom stereocenters. The van der Waals surface area contributed by atoms with Gasteiger partial charge in [0.05, 0.1) is 30.7 Å². The minimum absolute atomic E-state index is 0.0225. The minimum atomic E-state index is -1.91. The van der Waals surface area contributed by atoms with Crippen LogP contribution in [0.4, 0.5) is 0 Å². The molecule has 4 N–H and O–H groups in total. The van der Waals surface area contributed by atoms with Crippen LogP contribution in [0.2, 0.25) is 0 Å². The number of benzene rings is 1. The largest absolute Gasteiger partial charge is 0.848 e. The van der Waals surface area contributed by atoms with Crippen molar-refractivity contribution in [2.75, 3.05) is 13.2 Å². The van der Waals surface area contributed by atoms with Gasteiger partial charge in [-0.1, -0.05) is 45.6 Å². The SMILES string of the molecule is C=C1C2CCC3C4(C)CC(O[C@@H]5O[C@@H](COC(=O)CCC(=O)NCCc6ccc(O)cc6)[C@@H]([O-])[C@H](OSOO[O-])C5OC(=O)CC(C)C)CC(C(=O)O)C4CCC3(C2)[C@H]1O. The predicted octanol–water partition coefficient (Wildman–Crippen LogP) is 2.59. The quantitative estimate of drug-likeness (QED) is 0.0315. The average Bonchev–Trinajstić information content (AvgIpc) is 3.37. The van der Waals surface area contributed by atoms with Gasteiger partial charge in [-0.2, -0.15) is 0 Å². The molecular weight excluding hydrogens is 807 g/mol. The van der Waals surface area contributed by atoms with Gasteiger partial charge in [-0.05, 0) is 104 Å². The van der Waals surface area contributed by atoms with E-state index in [-0.39, 0.29) is 67.4 Å². The Kier molecular flexibility index (Phi) is 15.2. The molecule has 1 aliphatic heterocycles. The Morgan fingerprint density at radius 2 is 1.82 bits per heavy atom. The molecule has 1 aromatic rings. The number of nitrogens with one attached hydrogen (secondary N) is 1. The van der Waals surface area contributed by atoms with Crippen LogP contribution in [0.15, 0.2) is 36.4 Å². The van der Waals surface area contributed by atoms with E-state index in [1.807, 2.05) is 0 Å². The summed E-state index contributed by atoms with van der Waals surface area (Å²) in [6.07, 6.45) is -5.36. The summed E-state index contributed by atoms with van der Waals surface area (Å²) in [6, 6.07) is 6.54. The van der Waals surface area contributed by atoms with Crippen LogP contribution in [0.3, 0.4) is 0 Å². The van der Waals surface area contributed by atoms with E-state index in [1.165, 1.54) is 0 Å². The van der Waals surface area contributed by atoms with Crippen LogP contribution in [0, 0.1) is 40.4 Å². The Balaban J connectivity index is 1.17. The highest BCUT2D eigenvalue weighted by atomic mass is 32.2. The van der Waals surface area contributed by atoms with Gasteiger partial charge in [-0.25, -0.2) is 0 Å². The number of fused-ring (bicyclic) bond motifs is 3. The van der Waals surface area contributed by atoms with Crippen LogP contribution >= 0.6 is 12.3 Å². The maximum absolute atomic E-state index is 14.0. The first kappa shape index (κ1) is 46.2. The summed E-state index contributed by atoms with van der Waals surface area (Å²) in [5.74, 6) is -3.71. The molecule has 1 heterocycles. The van der Waals surface area contributed by atoms with Crippen LogP contribution < -0.4 is 15.7 Å². The molecule has 5 fully saturated rings. The molecule has 6 rings (SSSR count). The monoisotopic (exact) mass is 863 g/mol. The summed E-state index contributed by atoms with van der Waals surface area (Å²) in [5.41, 5.74) is 0.732. The Morgan fingerprint density at radius 3 is 2.52 bits per heavy atom. The minimum Gasteiger partial charge on any atom is -0.848 e. The average molecular weight is 864 g/mol. The van der Waals surface area contributed by atoms with E-state index < -0.39 is 90.1 Å². The second-order valence-electron chi connectivity index (χ2n) is 17.8. The first-order valence-corrected chi connectivity index (χ1v) is 21.5. The molecule has 4 saturated carbocycles. The number of esters is 2. The number of aromatic hydroxyl groups is 1. The number of carboxylic acids is 1. The number of carboxylic acid groups (broad SMARTS) is 1. The lowest BCUT2D eigenvalue weighted by atomic mass is 9.43. The highest BCUT2D eigenvalue weighted by Gasteiger charge is 2.67. The molecule has 4 aliphatic carbocycles. The lowest BCUT2D eigenvalue weighted by molar-refractivity contribution is -0.777. The van der Waals surface area contributed by atoms with Crippen LogP contribution in [-0.2, 0) is 58.1 Å². The number of hydrogen-bond acceptors (Lipinski definition) is 16. The molecular formula is C42H57NO16S-2. The number of rotatable bonds is 18. The maximum Gasteiger partial charge on any atom is 0.306 e. The fourth-order valence-corrected chi connectivity index (χ4v) is 11.4. The third-order valence-electron chi connectivity index (χ3n) is 13.7. The predicted molar refractivity (Wildman–Crippen MR) is 206 cm³/mol. The number of phenolic OH excluding ortho intramolecular Hbond substituents is 1. The van der Waals surface area contributed by atoms with Gasteiger partial charge in [0.1, 0.15) is 18.5 Å². The van der Waals surface area contributed by atoms with E-state index in [0.29, 0.717) is 32.2 Å². The third kappa shape index (κ3) is 10.1. The second-order valence-corrected chi connectivity index (χ2v) is 18.3. The molecule has 334 valence electrons. The van der Waals surface area contributed by atoms with Crippen molar-refractivity contribution in [1.29, 1.82) is 0 Å². The molecule has 1 aromatic carbocycles. The second kappa shape index (κ2) is 19.8. The Labute approximate surface area is 353 Å². The summed E-state index contributed by atoms with van der Waals surface area (Å²) in [4.78, 5) is 51.4. The summed E-state index contributed by atoms with van der Waals surface area (Å²) in [6.45, 7) is 9.59. The van der Waals surface area contributed by atoms with Crippen molar-refractivity contribution in [3.63, 3.8) is 0 Å². The number of amides is 1. The highest BCUT2D eigenvalue weighted by molar-refractivity contribution is 7.89. The van der Waals surface area contributed by atoms with Crippen molar-refractivity contribution < 1.29 is 77.4 Å². The van der Waals surface area contributed by atoms with Crippen molar-refractivity contribution in [3.8, 4) is 5.75 Å². The van der Waals surface area contributed by atoms with Crippen molar-refractivity contribution in [2.45, 2.75) is 134 Å². The van der Waals surface area contributed by atoms with Gasteiger partial charge in [-0.3, -0.25) is 28.4 Å². The summed E-state index contributed by atoms with van der Waals surface area (Å²) in [7, 11) is 0. The van der Waals surface area contributed by atoms with Gasteiger partial charge in [-0.15, -0.1) is 4.33 Å². The zero-order valence-corrected chi connectivity index (χ0v) is 35.0. The molecule has 60 heavy (non-hydrogen) atoms. The first-order valence-electron chi connectivity index (χ1n) is 20.8. The zero-order valence-electron chi connectivity index (χ0n) is 34.2. The van der Waals surface area contributed by atoms with E-state index in [4.69, 9.17) is 23.1 Å². The number of ether oxygens (including phenoxy) is 4. The normalized spacial score (nSPS) is 35.9. The lowest BCUT2D eigenvalue weighted by Crippen LogP contribution is -2.66. The number of aliphatic hydroxyl groups excluding tert-OH is 1. The number of aliphatic hydroxyl groups is 1. The topological polar surface area (TPSA) is 252 Å². The zero-order chi connectivity index (χ0) is 43.4. The standard InChI is InChI=1S/C42H58NO16S/c1-22(2)17-34(47)56-37-36(57-60-59-58-52)35(48)30(21-53-33(46)12-11-32(45)43-16-14-24-5-8-26(44)9-6-24)55-40(37)54-27-18-28(39(50)51)29-13-15-42-19-25(23(3)38(42)49)7-10-31(42)41(29,4)20-27/h5-6,8-9,22,25,27-31,35-38,40,44,49,52H,3,7,10-21H2,1-2,4H3,(H,43,45)(H,50,51)/q-1/p-1/t25?,27?,28?,29?,30-,31?,35+,36-,37?,38-,40+,41?,42?/m0/s1. The molecule has 0 aromatic heterocycles. The van der Waals surface area contributed by atoms with Gasteiger partial charge in [0.2, 0.25) is 5.91 Å². The van der Waals surface area contributed by atoms with E-state index in [9.17, 15) is 44.9 Å². The lowest BCUT2D eigenvalue weighted by Gasteiger charge is -2.62. The van der Waals surface area contributed by atoms with Crippen LogP contribution in [0.5, 0.6) is 5.75 Å². The summed E-state index contributed by atoms with van der Waals surface area (Å²) < 4.78 is 33.8. The molecule has 1 amide bonds. The van der Waals surface area contributed by atoms with Crippen molar-refractivity contribution in [2.24, 2.45) is 40.4 Å². The van der Waals surface area contributed by atoms with Crippen molar-refractivity contribution in [1.82, 2.24) is 5.32 Å². The molecule has 5 aliphatic rings. The smallest absolute Gasteiger partial charge is 0.306 e. The van der Waals surface area contributed by atoms with Crippen LogP contribution in [-0.4, -0.2) is 95.2 Å². The number of carbonyl (C=O) groups excluding carboxylic acids is 3. The number of hydrogen-bond donors (Lipinski definition) is 4. The molecule has 18 heteroatoms. The molecule has 1 spiro atoms. The summed E-state index contributed by atoms with van der Waals surface area (Å²) >= 11 is 0.0280. The number of carbonyl (C=O) groups is 4. The third-order valence-corrected chi connectivity index (χ3v) is 14.1. The first-order chi connectivity index (χ1) is 28.6. The van der Waals surface area contributed by atoms with Gasteiger partial charge < -0.3 is 49.9 Å².